The lowest BCUT2D eigenvalue weighted by Gasteiger charge is -2.15. The van der Waals surface area contributed by atoms with Gasteiger partial charge in [-0.1, -0.05) is 36.4 Å². The molecule has 0 aliphatic carbocycles. The minimum atomic E-state index is -1.06. The molecule has 20 heavy (non-hydrogen) atoms. The van der Waals surface area contributed by atoms with Crippen LogP contribution in [0.1, 0.15) is 17.2 Å². The highest BCUT2D eigenvalue weighted by atomic mass is 19.1. The molecule has 2 N–H and O–H groups in total. The van der Waals surface area contributed by atoms with Crippen LogP contribution in [0.2, 0.25) is 0 Å². The molecule has 0 radical (unpaired) electrons. The van der Waals surface area contributed by atoms with Crippen LogP contribution in [0.5, 0.6) is 0 Å². The number of carboxylic acid groups (broad SMARTS) is 1. The number of hydrogen-bond acceptors (Lipinski definition) is 2. The van der Waals surface area contributed by atoms with E-state index in [1.165, 1.54) is 6.07 Å². The van der Waals surface area contributed by atoms with Gasteiger partial charge in [-0.3, -0.25) is 10.1 Å². The first-order chi connectivity index (χ1) is 9.58. The molecular weight excluding hydrogens is 264 g/mol. The van der Waals surface area contributed by atoms with Gasteiger partial charge in [-0.05, 0) is 11.6 Å². The van der Waals surface area contributed by atoms with Crippen molar-refractivity contribution in [1.29, 1.82) is 0 Å². The van der Waals surface area contributed by atoms with Crippen molar-refractivity contribution in [1.82, 2.24) is 5.32 Å². The largest absolute Gasteiger partial charge is 0.480 e. The Morgan fingerprint density at radius 3 is 2.45 bits per heavy atom. The van der Waals surface area contributed by atoms with Crippen LogP contribution in [0.3, 0.4) is 0 Å². The fourth-order valence-electron chi connectivity index (χ4n) is 1.87. The van der Waals surface area contributed by atoms with Crippen LogP contribution < -0.4 is 5.32 Å². The maximum Gasteiger partial charge on any atom is 0.325 e. The van der Waals surface area contributed by atoms with E-state index in [0.717, 1.165) is 12.1 Å². The SMILES string of the molecule is O=C(O)C(NCc1ccc(F)cc1F)c1ccccc1. The van der Waals surface area contributed by atoms with Gasteiger partial charge >= 0.3 is 5.97 Å². The molecule has 0 fully saturated rings. The summed E-state index contributed by atoms with van der Waals surface area (Å²) in [5.74, 6) is -2.42. The highest BCUT2D eigenvalue weighted by Gasteiger charge is 2.19. The number of carboxylic acids is 1. The van der Waals surface area contributed by atoms with E-state index in [9.17, 15) is 18.7 Å². The number of halogens is 2. The van der Waals surface area contributed by atoms with Gasteiger partial charge in [0.25, 0.3) is 0 Å². The summed E-state index contributed by atoms with van der Waals surface area (Å²) in [7, 11) is 0. The minimum Gasteiger partial charge on any atom is -0.480 e. The predicted molar refractivity (Wildman–Crippen MR) is 70.0 cm³/mol. The van der Waals surface area contributed by atoms with E-state index in [-0.39, 0.29) is 12.1 Å². The Hall–Kier alpha value is -2.27. The normalized spacial score (nSPS) is 12.1. The van der Waals surface area contributed by atoms with E-state index in [2.05, 4.69) is 5.32 Å². The topological polar surface area (TPSA) is 49.3 Å². The van der Waals surface area contributed by atoms with Crippen LogP contribution in [-0.4, -0.2) is 11.1 Å². The molecule has 0 heterocycles. The van der Waals surface area contributed by atoms with E-state index < -0.39 is 23.6 Å². The molecule has 2 rings (SSSR count). The second-order valence-electron chi connectivity index (χ2n) is 4.30. The van der Waals surface area contributed by atoms with Crippen LogP contribution in [0.15, 0.2) is 48.5 Å². The second kappa shape index (κ2) is 6.25. The van der Waals surface area contributed by atoms with Gasteiger partial charge in [0.2, 0.25) is 0 Å². The van der Waals surface area contributed by atoms with Crippen LogP contribution in [0.25, 0.3) is 0 Å². The highest BCUT2D eigenvalue weighted by molar-refractivity contribution is 5.75. The molecule has 0 saturated carbocycles. The van der Waals surface area contributed by atoms with E-state index in [4.69, 9.17) is 0 Å². The monoisotopic (exact) mass is 277 g/mol. The molecule has 2 aromatic rings. The van der Waals surface area contributed by atoms with Gasteiger partial charge in [0.15, 0.2) is 0 Å². The summed E-state index contributed by atoms with van der Waals surface area (Å²) in [5, 5.41) is 12.0. The Morgan fingerprint density at radius 1 is 1.15 bits per heavy atom. The van der Waals surface area contributed by atoms with E-state index in [1.807, 2.05) is 0 Å². The van der Waals surface area contributed by atoms with Crippen LogP contribution in [0, 0.1) is 11.6 Å². The molecule has 5 heteroatoms. The van der Waals surface area contributed by atoms with Gasteiger partial charge in [0.05, 0.1) is 0 Å². The van der Waals surface area contributed by atoms with Gasteiger partial charge in [0, 0.05) is 18.2 Å². The third kappa shape index (κ3) is 3.39. The van der Waals surface area contributed by atoms with Crippen molar-refractivity contribution in [2.75, 3.05) is 0 Å². The summed E-state index contributed by atoms with van der Waals surface area (Å²) < 4.78 is 26.3. The lowest BCUT2D eigenvalue weighted by Crippen LogP contribution is -2.28. The van der Waals surface area contributed by atoms with Crippen LogP contribution >= 0.6 is 0 Å². The molecule has 0 spiro atoms. The van der Waals surface area contributed by atoms with Crippen molar-refractivity contribution in [2.24, 2.45) is 0 Å². The average molecular weight is 277 g/mol. The Bertz CT molecular complexity index is 602. The molecule has 0 saturated heterocycles. The fourth-order valence-corrected chi connectivity index (χ4v) is 1.87. The number of benzene rings is 2. The third-order valence-corrected chi connectivity index (χ3v) is 2.89. The Balaban J connectivity index is 2.12. The summed E-state index contributed by atoms with van der Waals surface area (Å²) in [5.41, 5.74) is 0.788. The van der Waals surface area contributed by atoms with Gasteiger partial charge in [-0.15, -0.1) is 0 Å². The molecule has 1 unspecified atom stereocenters. The Kier molecular flexibility index (Phi) is 4.42. The molecule has 1 atom stereocenters. The summed E-state index contributed by atoms with van der Waals surface area (Å²) in [4.78, 5) is 11.2. The highest BCUT2D eigenvalue weighted by Crippen LogP contribution is 2.15. The zero-order chi connectivity index (χ0) is 14.5. The van der Waals surface area contributed by atoms with Crippen molar-refractivity contribution in [3.8, 4) is 0 Å². The molecule has 0 aliphatic heterocycles. The minimum absolute atomic E-state index is 0.00201. The molecule has 3 nitrogen and oxygen atoms in total. The number of carbonyl (C=O) groups is 1. The summed E-state index contributed by atoms with van der Waals surface area (Å²) >= 11 is 0. The van der Waals surface area contributed by atoms with E-state index >= 15 is 0 Å². The first kappa shape index (κ1) is 14.1. The third-order valence-electron chi connectivity index (χ3n) is 2.89. The standard InChI is InChI=1S/C15H13F2NO2/c16-12-7-6-11(13(17)8-12)9-18-14(15(19)20)10-4-2-1-3-5-10/h1-8,14,18H,9H2,(H,19,20). The number of hydrogen-bond donors (Lipinski definition) is 2. The lowest BCUT2D eigenvalue weighted by atomic mass is 10.1. The van der Waals surface area contributed by atoms with Gasteiger partial charge < -0.3 is 5.11 Å². The Labute approximate surface area is 114 Å². The predicted octanol–water partition coefficient (Wildman–Crippen LogP) is 2.88. The quantitative estimate of drug-likeness (QED) is 0.883. The molecule has 0 aromatic heterocycles. The zero-order valence-corrected chi connectivity index (χ0v) is 10.5. The summed E-state index contributed by atoms with van der Waals surface area (Å²) in [6, 6.07) is 10.8. The first-order valence-electron chi connectivity index (χ1n) is 6.03. The number of aliphatic carboxylic acids is 1. The smallest absolute Gasteiger partial charge is 0.325 e. The lowest BCUT2D eigenvalue weighted by molar-refractivity contribution is -0.139. The van der Waals surface area contributed by atoms with Crippen molar-refractivity contribution in [3.05, 3.63) is 71.3 Å². The molecule has 2 aromatic carbocycles. The van der Waals surface area contributed by atoms with Gasteiger partial charge in [0.1, 0.15) is 17.7 Å². The van der Waals surface area contributed by atoms with Crippen molar-refractivity contribution < 1.29 is 18.7 Å². The molecule has 0 amide bonds. The second-order valence-corrected chi connectivity index (χ2v) is 4.30. The van der Waals surface area contributed by atoms with Crippen molar-refractivity contribution in [3.63, 3.8) is 0 Å². The Morgan fingerprint density at radius 2 is 1.85 bits per heavy atom. The zero-order valence-electron chi connectivity index (χ0n) is 10.5. The molecule has 104 valence electrons. The summed E-state index contributed by atoms with van der Waals surface area (Å²) in [6.45, 7) is -0.00201. The maximum atomic E-state index is 13.5. The first-order valence-corrected chi connectivity index (χ1v) is 6.03. The van der Waals surface area contributed by atoms with E-state index in [0.29, 0.717) is 5.56 Å². The number of nitrogens with one attached hydrogen (secondary N) is 1. The van der Waals surface area contributed by atoms with Crippen molar-refractivity contribution in [2.45, 2.75) is 12.6 Å². The maximum absolute atomic E-state index is 13.5. The van der Waals surface area contributed by atoms with E-state index in [1.54, 1.807) is 30.3 Å². The number of rotatable bonds is 5. The van der Waals surface area contributed by atoms with Crippen molar-refractivity contribution >= 4 is 5.97 Å². The molecular formula is C15H13F2NO2. The summed E-state index contributed by atoms with van der Waals surface area (Å²) in [6.07, 6.45) is 0. The van der Waals surface area contributed by atoms with Crippen LogP contribution in [0.4, 0.5) is 8.78 Å². The fraction of sp³-hybridized carbons (Fsp3) is 0.133. The average Bonchev–Trinajstić information content (AvgIpc) is 2.42. The van der Waals surface area contributed by atoms with Gasteiger partial charge in [-0.2, -0.15) is 0 Å². The molecule has 0 bridgehead atoms. The van der Waals surface area contributed by atoms with Gasteiger partial charge in [-0.25, -0.2) is 8.78 Å². The molecule has 0 aliphatic rings. The van der Waals surface area contributed by atoms with Crippen LogP contribution in [-0.2, 0) is 11.3 Å².